The van der Waals surface area contributed by atoms with E-state index in [9.17, 15) is 0 Å². The Morgan fingerprint density at radius 2 is 0.927 bits per heavy atom. The summed E-state index contributed by atoms with van der Waals surface area (Å²) in [6.45, 7) is 8.66. The van der Waals surface area contributed by atoms with E-state index in [0.717, 1.165) is 0 Å². The summed E-state index contributed by atoms with van der Waals surface area (Å²) in [6.07, 6.45) is 13.0. The number of hydrogen-bond donors (Lipinski definition) is 0. The van der Waals surface area contributed by atoms with E-state index in [-0.39, 0.29) is 50.7 Å². The monoisotopic (exact) mass is 758 g/mol. The molecule has 2 radical (unpaired) electrons. The predicted molar refractivity (Wildman–Crippen MR) is 167 cm³/mol. The average Bonchev–Trinajstić information content (AvgIpc) is 3.41. The maximum absolute atomic E-state index is 3.45. The van der Waals surface area contributed by atoms with Crippen molar-refractivity contribution in [3.8, 4) is 0 Å². The summed E-state index contributed by atoms with van der Waals surface area (Å²) in [5.41, 5.74) is 7.89. The van der Waals surface area contributed by atoms with Crippen LogP contribution < -0.4 is 24.8 Å². The predicted octanol–water partition coefficient (Wildman–Crippen LogP) is 4.18. The number of allylic oxidation sites excluding steroid dienone is 8. The standard InChI is InChI=1S/2C17H15.C3H6Si.2ClH.Hf/c2*1-12-10-13(2)17(11-12)16-9-5-7-14-6-3-4-8-15(14)16;1-2-4-3-1;;;/h2*3-9,11-12H,1-2H3;1-3H2;2*1H;/q2*-1;;;;+4/p-2. The number of rotatable bonds is 2. The second-order valence-corrected chi connectivity index (χ2v) is 11.9. The molecular formula is C37H36Cl2HfSi. The van der Waals surface area contributed by atoms with Crippen molar-refractivity contribution in [1.82, 2.24) is 0 Å². The molecule has 1 heterocycles. The van der Waals surface area contributed by atoms with Crippen molar-refractivity contribution in [2.24, 2.45) is 11.8 Å². The van der Waals surface area contributed by atoms with E-state index in [1.807, 2.05) is 0 Å². The van der Waals surface area contributed by atoms with Crippen LogP contribution in [-0.4, -0.2) is 9.52 Å². The van der Waals surface area contributed by atoms with Crippen LogP contribution in [0.2, 0.25) is 12.1 Å². The van der Waals surface area contributed by atoms with Gasteiger partial charge in [0.05, 0.1) is 0 Å². The van der Waals surface area contributed by atoms with Crippen molar-refractivity contribution >= 4 is 42.2 Å². The van der Waals surface area contributed by atoms with E-state index in [0.29, 0.717) is 11.8 Å². The molecule has 0 N–H and O–H groups in total. The summed E-state index contributed by atoms with van der Waals surface area (Å²) < 4.78 is 0. The molecule has 0 amide bonds. The van der Waals surface area contributed by atoms with Gasteiger partial charge in [-0.2, -0.15) is 23.3 Å². The van der Waals surface area contributed by atoms with Crippen molar-refractivity contribution < 1.29 is 50.7 Å². The maximum atomic E-state index is 3.45. The zero-order valence-electron chi connectivity index (χ0n) is 24.3. The Balaban J connectivity index is 0.000000237. The summed E-state index contributed by atoms with van der Waals surface area (Å²) in [5.74, 6) is 0.868. The molecule has 2 aliphatic carbocycles. The van der Waals surface area contributed by atoms with Crippen molar-refractivity contribution in [2.75, 3.05) is 0 Å². The number of fused-ring (bicyclic) bond motifs is 2. The maximum Gasteiger partial charge on any atom is 4.00 e. The third kappa shape index (κ3) is 8.54. The molecule has 0 spiro atoms. The molecule has 1 saturated heterocycles. The zero-order chi connectivity index (χ0) is 26.5. The molecule has 206 valence electrons. The van der Waals surface area contributed by atoms with Gasteiger partial charge in [-0.05, 0) is 21.5 Å². The van der Waals surface area contributed by atoms with Crippen LogP contribution in [0.15, 0.2) is 108 Å². The minimum absolute atomic E-state index is 0. The number of hydrogen-bond acceptors (Lipinski definition) is 0. The Hall–Kier alpha value is -1.97. The first kappa shape index (κ1) is 35.2. The van der Waals surface area contributed by atoms with Crippen molar-refractivity contribution in [2.45, 2.75) is 46.2 Å². The van der Waals surface area contributed by atoms with Crippen LogP contribution in [-0.2, 0) is 25.8 Å². The fraction of sp³-hybridized carbons (Fsp3) is 0.243. The smallest absolute Gasteiger partial charge is 1.00 e. The molecule has 2 unspecified atom stereocenters. The number of halogens is 2. The molecule has 4 aromatic carbocycles. The first-order chi connectivity index (χ1) is 18.5. The van der Waals surface area contributed by atoms with Gasteiger partial charge in [-0.1, -0.05) is 154 Å². The van der Waals surface area contributed by atoms with Crippen LogP contribution in [0.25, 0.3) is 32.7 Å². The van der Waals surface area contributed by atoms with Crippen LogP contribution in [0.3, 0.4) is 0 Å². The normalized spacial score (nSPS) is 18.3. The molecule has 0 aromatic heterocycles. The van der Waals surface area contributed by atoms with Gasteiger partial charge in [0.2, 0.25) is 0 Å². The largest absolute Gasteiger partial charge is 4.00 e. The van der Waals surface area contributed by atoms with Gasteiger partial charge < -0.3 is 24.8 Å². The zero-order valence-corrected chi connectivity index (χ0v) is 30.4. The van der Waals surface area contributed by atoms with E-state index >= 15 is 0 Å². The Labute approximate surface area is 280 Å². The van der Waals surface area contributed by atoms with Crippen LogP contribution >= 0.6 is 0 Å². The van der Waals surface area contributed by atoms with E-state index in [2.05, 4.69) is 137 Å². The summed E-state index contributed by atoms with van der Waals surface area (Å²) in [4.78, 5) is 0. The van der Waals surface area contributed by atoms with Crippen molar-refractivity contribution in [3.63, 3.8) is 0 Å². The molecular weight excluding hydrogens is 722 g/mol. The van der Waals surface area contributed by atoms with Gasteiger partial charge >= 0.3 is 25.8 Å². The number of benzene rings is 4. The van der Waals surface area contributed by atoms with Gasteiger partial charge in [-0.25, -0.2) is 11.1 Å². The Bertz CT molecular complexity index is 1450. The molecule has 1 fully saturated rings. The summed E-state index contributed by atoms with van der Waals surface area (Å²) >= 11 is 0. The second kappa shape index (κ2) is 16.6. The van der Waals surface area contributed by atoms with E-state index in [1.54, 1.807) is 0 Å². The fourth-order valence-electron chi connectivity index (χ4n) is 5.35. The first-order valence-electron chi connectivity index (χ1n) is 13.8. The van der Waals surface area contributed by atoms with Gasteiger partial charge in [-0.3, -0.25) is 12.2 Å². The third-order valence-corrected chi connectivity index (χ3v) is 8.81. The molecule has 4 heteroatoms. The van der Waals surface area contributed by atoms with Gasteiger partial charge in [0.1, 0.15) is 0 Å². The van der Waals surface area contributed by atoms with E-state index < -0.39 is 0 Å². The minimum Gasteiger partial charge on any atom is -1.00 e. The van der Waals surface area contributed by atoms with Crippen molar-refractivity contribution in [3.05, 3.63) is 132 Å². The van der Waals surface area contributed by atoms with E-state index in [1.165, 1.54) is 83.0 Å². The Morgan fingerprint density at radius 1 is 0.585 bits per heavy atom. The topological polar surface area (TPSA) is 0 Å². The molecule has 41 heavy (non-hydrogen) atoms. The first-order valence-corrected chi connectivity index (χ1v) is 15.2. The van der Waals surface area contributed by atoms with Crippen LogP contribution in [0.5, 0.6) is 0 Å². The Morgan fingerprint density at radius 3 is 1.24 bits per heavy atom. The molecule has 0 bridgehead atoms. The SMILES string of the molecule is C1C[Si]C1.CC1=[C-]C(C)C=C1c1cccc2ccccc12.CC1=[C-]C(C)C=C1c1cccc2ccccc12.[Cl-].[Cl-].[Hf+4]. The van der Waals surface area contributed by atoms with Crippen LogP contribution in [0.1, 0.15) is 45.2 Å². The second-order valence-electron chi connectivity index (χ2n) is 10.4. The molecule has 4 aromatic rings. The van der Waals surface area contributed by atoms with Gasteiger partial charge in [0, 0.05) is 9.52 Å². The van der Waals surface area contributed by atoms with Gasteiger partial charge in [0.25, 0.3) is 0 Å². The molecule has 7 rings (SSSR count). The molecule has 1 aliphatic heterocycles. The van der Waals surface area contributed by atoms with Gasteiger partial charge in [0.15, 0.2) is 0 Å². The third-order valence-electron chi connectivity index (χ3n) is 7.40. The fourth-order valence-corrected chi connectivity index (χ4v) is 5.71. The summed E-state index contributed by atoms with van der Waals surface area (Å²) in [6, 6.07) is 33.2. The van der Waals surface area contributed by atoms with Crippen LogP contribution in [0, 0.1) is 24.0 Å². The Kier molecular flexibility index (Phi) is 14.3. The molecule has 0 nitrogen and oxygen atoms in total. The van der Waals surface area contributed by atoms with Gasteiger partial charge in [-0.15, -0.1) is 0 Å². The van der Waals surface area contributed by atoms with Crippen molar-refractivity contribution in [1.29, 1.82) is 0 Å². The summed E-state index contributed by atoms with van der Waals surface area (Å²) in [5, 5.41) is 5.27. The molecule has 2 atom stereocenters. The summed E-state index contributed by atoms with van der Waals surface area (Å²) in [7, 11) is 1.32. The minimum atomic E-state index is 0. The molecule has 0 saturated carbocycles. The molecule has 3 aliphatic rings. The van der Waals surface area contributed by atoms with Crippen LogP contribution in [0.4, 0.5) is 0 Å². The quantitative estimate of drug-likeness (QED) is 0.213. The average molecular weight is 758 g/mol. The van der Waals surface area contributed by atoms with E-state index in [4.69, 9.17) is 0 Å².